The molecule has 1 heterocycles. The molecule has 0 amide bonds. The molecule has 5 nitrogen and oxygen atoms in total. The van der Waals surface area contributed by atoms with Gasteiger partial charge in [0.2, 0.25) is 5.66 Å². The Labute approximate surface area is 126 Å². The lowest BCUT2D eigenvalue weighted by molar-refractivity contribution is -0.142. The van der Waals surface area contributed by atoms with Gasteiger partial charge in [-0.15, -0.1) is 0 Å². The molecule has 1 atom stereocenters. The first-order valence-corrected chi connectivity index (χ1v) is 10.9. The summed E-state index contributed by atoms with van der Waals surface area (Å²) in [6.07, 6.45) is 0. The predicted octanol–water partition coefficient (Wildman–Crippen LogP) is 3.03. The number of carbonyl (C=O) groups is 1. The Morgan fingerprint density at radius 3 is 2.67 bits per heavy atom. The summed E-state index contributed by atoms with van der Waals surface area (Å²) in [6.45, 7) is 9.50. The van der Waals surface area contributed by atoms with Crippen LogP contribution in [0.3, 0.4) is 0 Å². The van der Waals surface area contributed by atoms with E-state index in [4.69, 9.17) is 4.74 Å². The van der Waals surface area contributed by atoms with E-state index in [0.29, 0.717) is 6.61 Å². The van der Waals surface area contributed by atoms with E-state index in [9.17, 15) is 9.90 Å². The number of rotatable bonds is 6. The number of carboxylic acid groups (broad SMARTS) is 1. The quantitative estimate of drug-likeness (QED) is 0.625. The van der Waals surface area contributed by atoms with Crippen LogP contribution in [0.4, 0.5) is 11.4 Å². The Kier molecular flexibility index (Phi) is 4.29. The number of nitrogens with zero attached hydrogens (tertiary/aromatic N) is 1. The zero-order valence-corrected chi connectivity index (χ0v) is 14.1. The summed E-state index contributed by atoms with van der Waals surface area (Å²) >= 11 is 0. The lowest BCUT2D eigenvalue weighted by atomic mass is 10.2. The molecule has 1 unspecified atom stereocenters. The summed E-state index contributed by atoms with van der Waals surface area (Å²) in [4.78, 5) is 13.4. The van der Waals surface area contributed by atoms with Gasteiger partial charge in [-0.2, -0.15) is 0 Å². The molecule has 2 rings (SSSR count). The van der Waals surface area contributed by atoms with Crippen molar-refractivity contribution in [2.75, 3.05) is 23.6 Å². The van der Waals surface area contributed by atoms with Crippen molar-refractivity contribution in [1.29, 1.82) is 0 Å². The third-order valence-electron chi connectivity index (χ3n) is 3.75. The van der Waals surface area contributed by atoms with Crippen molar-refractivity contribution in [3.05, 3.63) is 24.3 Å². The normalized spacial score (nSPS) is 21.0. The number of aliphatic carboxylic acids is 1. The highest BCUT2D eigenvalue weighted by molar-refractivity contribution is 6.76. The van der Waals surface area contributed by atoms with Gasteiger partial charge >= 0.3 is 5.97 Å². The summed E-state index contributed by atoms with van der Waals surface area (Å²) in [6, 6.07) is 8.67. The van der Waals surface area contributed by atoms with Crippen molar-refractivity contribution in [3.8, 4) is 0 Å². The zero-order valence-electron chi connectivity index (χ0n) is 13.1. The van der Waals surface area contributed by atoms with Crippen LogP contribution in [-0.4, -0.2) is 38.2 Å². The van der Waals surface area contributed by atoms with Crippen molar-refractivity contribution < 1.29 is 14.6 Å². The molecule has 0 saturated carbocycles. The van der Waals surface area contributed by atoms with Crippen molar-refractivity contribution in [2.24, 2.45) is 0 Å². The predicted molar refractivity (Wildman–Crippen MR) is 87.6 cm³/mol. The Hall–Kier alpha value is -1.53. The second kappa shape index (κ2) is 5.69. The average Bonchev–Trinajstić information content (AvgIpc) is 2.67. The highest BCUT2D eigenvalue weighted by Gasteiger charge is 2.45. The second-order valence-corrected chi connectivity index (χ2v) is 12.4. The zero-order chi connectivity index (χ0) is 15.7. The minimum Gasteiger partial charge on any atom is -0.478 e. The molecule has 0 saturated heterocycles. The van der Waals surface area contributed by atoms with Crippen LogP contribution in [0.25, 0.3) is 0 Å². The topological polar surface area (TPSA) is 61.8 Å². The number of para-hydroxylation sites is 2. The number of hydrogen-bond acceptors (Lipinski definition) is 4. The third-order valence-corrected chi connectivity index (χ3v) is 5.45. The number of ether oxygens (including phenoxy) is 1. The maximum Gasteiger partial charge on any atom is 0.350 e. The van der Waals surface area contributed by atoms with Gasteiger partial charge in [-0.1, -0.05) is 31.8 Å². The molecule has 0 fully saturated rings. The molecule has 0 spiro atoms. The fourth-order valence-corrected chi connectivity index (χ4v) is 3.04. The monoisotopic (exact) mass is 308 g/mol. The van der Waals surface area contributed by atoms with Crippen LogP contribution in [0.15, 0.2) is 24.3 Å². The smallest absolute Gasteiger partial charge is 0.350 e. The summed E-state index contributed by atoms with van der Waals surface area (Å²) < 4.78 is 5.75. The van der Waals surface area contributed by atoms with E-state index in [2.05, 4.69) is 25.0 Å². The SMILES string of the molecule is CC1(C(=O)O)Nc2ccccc2N1COCC[Si](C)(C)C. The van der Waals surface area contributed by atoms with Gasteiger partial charge in [-0.3, -0.25) is 0 Å². The highest BCUT2D eigenvalue weighted by atomic mass is 28.3. The number of anilines is 2. The van der Waals surface area contributed by atoms with Gasteiger partial charge in [0.25, 0.3) is 0 Å². The van der Waals surface area contributed by atoms with Gasteiger partial charge < -0.3 is 20.1 Å². The number of nitrogens with one attached hydrogen (secondary N) is 1. The molecule has 2 N–H and O–H groups in total. The van der Waals surface area contributed by atoms with Gasteiger partial charge in [0.15, 0.2) is 0 Å². The third kappa shape index (κ3) is 3.38. The van der Waals surface area contributed by atoms with E-state index in [0.717, 1.165) is 17.4 Å². The standard InChI is InChI=1S/C15H24N2O3Si/c1-15(14(18)19)16-12-7-5-6-8-13(12)17(15)11-20-9-10-21(2,3)4/h5-8,16H,9-11H2,1-4H3,(H,18,19). The lowest BCUT2D eigenvalue weighted by Gasteiger charge is -2.33. The molecule has 0 bridgehead atoms. The summed E-state index contributed by atoms with van der Waals surface area (Å²) in [5.74, 6) is -0.910. The van der Waals surface area contributed by atoms with Gasteiger partial charge in [0, 0.05) is 14.7 Å². The van der Waals surface area contributed by atoms with Crippen molar-refractivity contribution in [2.45, 2.75) is 38.3 Å². The first kappa shape index (κ1) is 15.8. The molecule has 0 aliphatic carbocycles. The summed E-state index contributed by atoms with van der Waals surface area (Å²) in [5, 5.41) is 12.6. The maximum absolute atomic E-state index is 11.6. The van der Waals surface area contributed by atoms with E-state index < -0.39 is 19.7 Å². The minimum absolute atomic E-state index is 0.275. The van der Waals surface area contributed by atoms with Crippen LogP contribution in [0, 0.1) is 0 Å². The van der Waals surface area contributed by atoms with Gasteiger partial charge in [-0.25, -0.2) is 4.79 Å². The van der Waals surface area contributed by atoms with Crippen LogP contribution in [-0.2, 0) is 9.53 Å². The average molecular weight is 308 g/mol. The van der Waals surface area contributed by atoms with Crippen molar-refractivity contribution >= 4 is 25.4 Å². The molecule has 1 aliphatic rings. The van der Waals surface area contributed by atoms with Gasteiger partial charge in [0.1, 0.15) is 6.73 Å². The van der Waals surface area contributed by atoms with Crippen LogP contribution in [0.2, 0.25) is 25.7 Å². The minimum atomic E-state index is -1.16. The molecular weight excluding hydrogens is 284 g/mol. The van der Waals surface area contributed by atoms with Gasteiger partial charge in [-0.05, 0) is 25.1 Å². The summed E-state index contributed by atoms with van der Waals surface area (Å²) in [5.41, 5.74) is 0.537. The molecular formula is C15H24N2O3Si. The molecule has 21 heavy (non-hydrogen) atoms. The molecule has 0 radical (unpaired) electrons. The first-order chi connectivity index (χ1) is 9.74. The fourth-order valence-electron chi connectivity index (χ4n) is 2.29. The van der Waals surface area contributed by atoms with E-state index in [1.54, 1.807) is 11.8 Å². The number of hydrogen-bond donors (Lipinski definition) is 2. The molecule has 1 aromatic rings. The van der Waals surface area contributed by atoms with Crippen molar-refractivity contribution in [3.63, 3.8) is 0 Å². The Bertz CT molecular complexity index is 530. The van der Waals surface area contributed by atoms with E-state index >= 15 is 0 Å². The van der Waals surface area contributed by atoms with Crippen LogP contribution in [0.1, 0.15) is 6.92 Å². The van der Waals surface area contributed by atoms with E-state index in [1.807, 2.05) is 24.3 Å². The Morgan fingerprint density at radius 1 is 1.38 bits per heavy atom. The molecule has 1 aliphatic heterocycles. The van der Waals surface area contributed by atoms with Crippen LogP contribution in [0.5, 0.6) is 0 Å². The van der Waals surface area contributed by atoms with E-state index in [1.165, 1.54) is 0 Å². The highest BCUT2D eigenvalue weighted by Crippen LogP contribution is 2.39. The first-order valence-electron chi connectivity index (χ1n) is 7.20. The summed E-state index contributed by atoms with van der Waals surface area (Å²) in [7, 11) is -1.14. The lowest BCUT2D eigenvalue weighted by Crippen LogP contribution is -2.55. The molecule has 1 aromatic carbocycles. The Balaban J connectivity index is 2.09. The second-order valence-electron chi connectivity index (χ2n) is 6.80. The Morgan fingerprint density at radius 2 is 2.05 bits per heavy atom. The largest absolute Gasteiger partial charge is 0.478 e. The molecule has 116 valence electrons. The van der Waals surface area contributed by atoms with E-state index in [-0.39, 0.29) is 6.73 Å². The number of carboxylic acids is 1. The molecule has 0 aromatic heterocycles. The van der Waals surface area contributed by atoms with Gasteiger partial charge in [0.05, 0.1) is 11.4 Å². The fraction of sp³-hybridized carbons (Fsp3) is 0.533. The van der Waals surface area contributed by atoms with Crippen molar-refractivity contribution in [1.82, 2.24) is 0 Å². The van der Waals surface area contributed by atoms with Crippen LogP contribution >= 0.6 is 0 Å². The number of fused-ring (bicyclic) bond motifs is 1. The van der Waals surface area contributed by atoms with Crippen LogP contribution < -0.4 is 10.2 Å². The number of benzene rings is 1. The maximum atomic E-state index is 11.6. The molecule has 6 heteroatoms.